The van der Waals surface area contributed by atoms with E-state index in [1.165, 1.54) is 33.6 Å². The molecular formula is C17H16N2O5. The number of aromatic nitrogens is 1. The van der Waals surface area contributed by atoms with Crippen molar-refractivity contribution in [1.29, 1.82) is 0 Å². The number of nitrogens with zero attached hydrogens (tertiary/aromatic N) is 1. The number of furan rings is 1. The molecule has 0 bridgehead atoms. The molecule has 24 heavy (non-hydrogen) atoms. The summed E-state index contributed by atoms with van der Waals surface area (Å²) in [5, 5.41) is 0. The molecule has 0 spiro atoms. The zero-order valence-corrected chi connectivity index (χ0v) is 13.5. The summed E-state index contributed by atoms with van der Waals surface area (Å²) in [4.78, 5) is 15.7. The Morgan fingerprint density at radius 1 is 1.08 bits per heavy atom. The number of primary amides is 1. The number of fused-ring (bicyclic) bond motifs is 1. The van der Waals surface area contributed by atoms with Crippen LogP contribution in [0, 0.1) is 0 Å². The van der Waals surface area contributed by atoms with Crippen molar-refractivity contribution in [2.75, 3.05) is 21.3 Å². The summed E-state index contributed by atoms with van der Waals surface area (Å²) in [6.45, 7) is 0. The third-order valence-corrected chi connectivity index (χ3v) is 3.63. The Kier molecular flexibility index (Phi) is 3.99. The van der Waals surface area contributed by atoms with E-state index in [0.717, 1.165) is 0 Å². The highest BCUT2D eigenvalue weighted by molar-refractivity contribution is 6.03. The molecule has 1 aromatic carbocycles. The van der Waals surface area contributed by atoms with Crippen molar-refractivity contribution in [1.82, 2.24) is 4.98 Å². The largest absolute Gasteiger partial charge is 0.493 e. The van der Waals surface area contributed by atoms with Gasteiger partial charge >= 0.3 is 0 Å². The van der Waals surface area contributed by atoms with Gasteiger partial charge in [-0.2, -0.15) is 0 Å². The highest BCUT2D eigenvalue weighted by atomic mass is 16.5. The molecule has 1 amide bonds. The smallest absolute Gasteiger partial charge is 0.252 e. The maximum Gasteiger partial charge on any atom is 0.252 e. The highest BCUT2D eigenvalue weighted by Gasteiger charge is 2.18. The molecule has 0 saturated heterocycles. The molecule has 0 aliphatic rings. The van der Waals surface area contributed by atoms with Crippen LogP contribution in [0.1, 0.15) is 10.4 Å². The van der Waals surface area contributed by atoms with Crippen LogP contribution < -0.4 is 19.9 Å². The van der Waals surface area contributed by atoms with Crippen LogP contribution in [-0.2, 0) is 0 Å². The first-order valence-corrected chi connectivity index (χ1v) is 7.07. The van der Waals surface area contributed by atoms with Crippen LogP contribution in [0.4, 0.5) is 0 Å². The van der Waals surface area contributed by atoms with Gasteiger partial charge in [-0.05, 0) is 18.2 Å². The lowest BCUT2D eigenvalue weighted by Crippen LogP contribution is -2.11. The van der Waals surface area contributed by atoms with Crippen LogP contribution in [0.15, 0.2) is 34.9 Å². The maximum atomic E-state index is 11.5. The van der Waals surface area contributed by atoms with Crippen LogP contribution in [0.3, 0.4) is 0 Å². The molecule has 7 nitrogen and oxygen atoms in total. The molecule has 3 aromatic rings. The van der Waals surface area contributed by atoms with E-state index in [-0.39, 0.29) is 5.56 Å². The summed E-state index contributed by atoms with van der Waals surface area (Å²) in [7, 11) is 4.60. The lowest BCUT2D eigenvalue weighted by molar-refractivity contribution is 0.100. The summed E-state index contributed by atoms with van der Waals surface area (Å²) in [5.74, 6) is 1.40. The molecule has 2 N–H and O–H groups in total. The van der Waals surface area contributed by atoms with Gasteiger partial charge in [-0.15, -0.1) is 0 Å². The van der Waals surface area contributed by atoms with Gasteiger partial charge in [0.1, 0.15) is 11.3 Å². The number of hydrogen-bond donors (Lipinski definition) is 1. The molecule has 0 unspecified atom stereocenters. The minimum Gasteiger partial charge on any atom is -0.493 e. The molecule has 0 radical (unpaired) electrons. The van der Waals surface area contributed by atoms with E-state index in [0.29, 0.717) is 39.7 Å². The van der Waals surface area contributed by atoms with Gasteiger partial charge in [0.05, 0.1) is 26.9 Å². The third kappa shape index (κ3) is 2.50. The normalized spacial score (nSPS) is 10.6. The van der Waals surface area contributed by atoms with E-state index >= 15 is 0 Å². The van der Waals surface area contributed by atoms with Gasteiger partial charge in [0.25, 0.3) is 5.91 Å². The molecule has 0 atom stereocenters. The molecule has 3 rings (SSSR count). The van der Waals surface area contributed by atoms with Gasteiger partial charge in [-0.25, -0.2) is 0 Å². The number of nitrogens with two attached hydrogens (primary N) is 1. The molecule has 0 saturated carbocycles. The van der Waals surface area contributed by atoms with Crippen molar-refractivity contribution < 1.29 is 23.4 Å². The Hall–Kier alpha value is -3.22. The summed E-state index contributed by atoms with van der Waals surface area (Å²) in [6, 6.07) is 6.75. The average molecular weight is 328 g/mol. The minimum atomic E-state index is -0.576. The highest BCUT2D eigenvalue weighted by Crippen LogP contribution is 2.42. The number of amides is 1. The molecule has 0 fully saturated rings. The standard InChI is InChI=1S/C17H16N2O5/c1-21-13-6-9(7-14(22-2)16(13)23-3)12-8-11-15(24-12)10(17(18)20)4-5-19-11/h4-8H,1-3H3,(H2,18,20). The van der Waals surface area contributed by atoms with Crippen molar-refractivity contribution in [3.05, 3.63) is 36.0 Å². The lowest BCUT2D eigenvalue weighted by Gasteiger charge is -2.13. The number of carbonyl (C=O) groups is 1. The molecule has 0 aliphatic carbocycles. The van der Waals surface area contributed by atoms with E-state index in [2.05, 4.69) is 4.98 Å². The zero-order valence-electron chi connectivity index (χ0n) is 13.5. The van der Waals surface area contributed by atoms with Crippen LogP contribution in [0.2, 0.25) is 0 Å². The number of ether oxygens (including phenoxy) is 3. The predicted molar refractivity (Wildman–Crippen MR) is 87.6 cm³/mol. The minimum absolute atomic E-state index is 0.277. The molecule has 2 heterocycles. The van der Waals surface area contributed by atoms with E-state index in [1.807, 2.05) is 0 Å². The van der Waals surface area contributed by atoms with Crippen molar-refractivity contribution in [2.24, 2.45) is 5.73 Å². The second-order valence-electron chi connectivity index (χ2n) is 4.96. The summed E-state index contributed by atoms with van der Waals surface area (Å²) >= 11 is 0. The lowest BCUT2D eigenvalue weighted by atomic mass is 10.1. The van der Waals surface area contributed by atoms with Crippen LogP contribution in [0.5, 0.6) is 17.2 Å². The van der Waals surface area contributed by atoms with Crippen LogP contribution in [-0.4, -0.2) is 32.2 Å². The van der Waals surface area contributed by atoms with E-state index in [9.17, 15) is 4.79 Å². The first kappa shape index (κ1) is 15.7. The SMILES string of the molecule is COc1cc(-c2cc3nccc(C(N)=O)c3o2)cc(OC)c1OC. The molecule has 2 aromatic heterocycles. The second-order valence-corrected chi connectivity index (χ2v) is 4.96. The van der Waals surface area contributed by atoms with Crippen molar-refractivity contribution in [2.45, 2.75) is 0 Å². The number of carbonyl (C=O) groups excluding carboxylic acids is 1. The Morgan fingerprint density at radius 3 is 2.29 bits per heavy atom. The molecule has 124 valence electrons. The average Bonchev–Trinajstić information content (AvgIpc) is 3.04. The van der Waals surface area contributed by atoms with E-state index in [1.54, 1.807) is 18.2 Å². The van der Waals surface area contributed by atoms with E-state index in [4.69, 9.17) is 24.4 Å². The molecule has 7 heteroatoms. The number of methoxy groups -OCH3 is 3. The summed E-state index contributed by atoms with van der Waals surface area (Å²) in [5.41, 5.74) is 7.22. The Bertz CT molecular complexity index is 891. The van der Waals surface area contributed by atoms with Gasteiger partial charge in [0.2, 0.25) is 5.75 Å². The second kappa shape index (κ2) is 6.11. The quantitative estimate of drug-likeness (QED) is 0.773. The van der Waals surface area contributed by atoms with Crippen LogP contribution in [0.25, 0.3) is 22.4 Å². The summed E-state index contributed by atoms with van der Waals surface area (Å²) in [6.07, 6.45) is 1.51. The fourth-order valence-corrected chi connectivity index (χ4v) is 2.50. The van der Waals surface area contributed by atoms with E-state index < -0.39 is 5.91 Å². The predicted octanol–water partition coefficient (Wildman–Crippen LogP) is 2.62. The number of pyridine rings is 1. The topological polar surface area (TPSA) is 96.8 Å². The van der Waals surface area contributed by atoms with Crippen molar-refractivity contribution in [3.63, 3.8) is 0 Å². The Morgan fingerprint density at radius 2 is 1.75 bits per heavy atom. The van der Waals surface area contributed by atoms with Gasteiger partial charge in [-0.1, -0.05) is 0 Å². The Labute approximate surface area is 137 Å². The van der Waals surface area contributed by atoms with Gasteiger partial charge in [0, 0.05) is 17.8 Å². The number of hydrogen-bond acceptors (Lipinski definition) is 6. The van der Waals surface area contributed by atoms with Crippen LogP contribution >= 0.6 is 0 Å². The van der Waals surface area contributed by atoms with Crippen molar-refractivity contribution >= 4 is 17.0 Å². The number of rotatable bonds is 5. The molecular weight excluding hydrogens is 312 g/mol. The number of benzene rings is 1. The Balaban J connectivity index is 2.20. The van der Waals surface area contributed by atoms with Crippen molar-refractivity contribution in [3.8, 4) is 28.6 Å². The first-order chi connectivity index (χ1) is 11.6. The monoisotopic (exact) mass is 328 g/mol. The van der Waals surface area contributed by atoms with Gasteiger partial charge in [0.15, 0.2) is 17.1 Å². The fraction of sp³-hybridized carbons (Fsp3) is 0.176. The maximum absolute atomic E-state index is 11.5. The first-order valence-electron chi connectivity index (χ1n) is 7.07. The summed E-state index contributed by atoms with van der Waals surface area (Å²) < 4.78 is 21.8. The fourth-order valence-electron chi connectivity index (χ4n) is 2.50. The third-order valence-electron chi connectivity index (χ3n) is 3.63. The zero-order chi connectivity index (χ0) is 17.3. The van der Waals surface area contributed by atoms with Gasteiger partial charge in [-0.3, -0.25) is 9.78 Å². The van der Waals surface area contributed by atoms with Gasteiger partial charge < -0.3 is 24.4 Å². The molecule has 0 aliphatic heterocycles.